The summed E-state index contributed by atoms with van der Waals surface area (Å²) in [6.45, 7) is -0.0552. The lowest BCUT2D eigenvalue weighted by Crippen LogP contribution is -2.08. The van der Waals surface area contributed by atoms with E-state index >= 15 is 0 Å². The van der Waals surface area contributed by atoms with Gasteiger partial charge in [-0.05, 0) is 47.9 Å². The monoisotopic (exact) mass is 365 g/mol. The maximum absolute atomic E-state index is 14.4. The number of halogens is 4. The van der Waals surface area contributed by atoms with Gasteiger partial charge < -0.3 is 5.11 Å². The van der Waals surface area contributed by atoms with Crippen molar-refractivity contribution in [2.24, 2.45) is 4.99 Å². The third kappa shape index (κ3) is 3.53. The highest BCUT2D eigenvalue weighted by Gasteiger charge is 2.33. The number of alkyl halides is 3. The third-order valence-electron chi connectivity index (χ3n) is 4.22. The first-order valence-corrected chi connectivity index (χ1v) is 7.99. The lowest BCUT2D eigenvalue weighted by Gasteiger charge is -2.14. The predicted molar refractivity (Wildman–Crippen MR) is 88.8 cm³/mol. The van der Waals surface area contributed by atoms with E-state index in [0.717, 1.165) is 18.2 Å². The Balaban J connectivity index is 2.13. The quantitative estimate of drug-likeness (QED) is 0.631. The van der Waals surface area contributed by atoms with Crippen molar-refractivity contribution in [3.63, 3.8) is 0 Å². The first-order valence-electron chi connectivity index (χ1n) is 7.99. The van der Waals surface area contributed by atoms with Gasteiger partial charge in [0, 0.05) is 35.9 Å². The van der Waals surface area contributed by atoms with Crippen molar-refractivity contribution in [2.75, 3.05) is 6.61 Å². The average molecular weight is 365 g/mol. The minimum absolute atomic E-state index is 0.0605. The molecule has 3 rings (SSSR count). The van der Waals surface area contributed by atoms with Gasteiger partial charge in [0.1, 0.15) is 5.82 Å². The fourth-order valence-corrected chi connectivity index (χ4v) is 2.91. The molecular weight excluding hydrogens is 350 g/mol. The van der Waals surface area contributed by atoms with Crippen molar-refractivity contribution >= 4 is 12.0 Å². The number of carbonyl (C=O) groups excluding carboxylic acids is 1. The summed E-state index contributed by atoms with van der Waals surface area (Å²) in [5.74, 6) is -1.02. The summed E-state index contributed by atoms with van der Waals surface area (Å²) >= 11 is 0. The Morgan fingerprint density at radius 1 is 1.15 bits per heavy atom. The third-order valence-corrected chi connectivity index (χ3v) is 4.22. The lowest BCUT2D eigenvalue weighted by atomic mass is 9.92. The second-order valence-corrected chi connectivity index (χ2v) is 6.01. The van der Waals surface area contributed by atoms with Gasteiger partial charge in [0.15, 0.2) is 5.78 Å². The summed E-state index contributed by atoms with van der Waals surface area (Å²) in [7, 11) is 0. The smallest absolute Gasteiger partial charge is 0.396 e. The van der Waals surface area contributed by atoms with Crippen molar-refractivity contribution in [3.05, 3.63) is 58.4 Å². The van der Waals surface area contributed by atoms with Gasteiger partial charge in [0.25, 0.3) is 0 Å². The lowest BCUT2D eigenvalue weighted by molar-refractivity contribution is -0.137. The van der Waals surface area contributed by atoms with Crippen LogP contribution in [0.5, 0.6) is 0 Å². The molecule has 0 aromatic heterocycles. The Labute approximate surface area is 147 Å². The molecule has 0 aliphatic carbocycles. The van der Waals surface area contributed by atoms with Crippen LogP contribution in [0.25, 0.3) is 11.1 Å². The molecule has 0 amide bonds. The van der Waals surface area contributed by atoms with Gasteiger partial charge in [-0.25, -0.2) is 4.39 Å². The molecule has 1 aliphatic heterocycles. The van der Waals surface area contributed by atoms with E-state index in [1.165, 1.54) is 18.3 Å². The molecule has 1 N–H and O–H groups in total. The molecule has 3 nitrogen and oxygen atoms in total. The van der Waals surface area contributed by atoms with Gasteiger partial charge in [0.05, 0.1) is 12.1 Å². The van der Waals surface area contributed by atoms with Crippen LogP contribution >= 0.6 is 0 Å². The maximum Gasteiger partial charge on any atom is 0.416 e. The van der Waals surface area contributed by atoms with E-state index in [1.807, 2.05) is 0 Å². The number of benzene rings is 2. The minimum atomic E-state index is -4.57. The van der Waals surface area contributed by atoms with Crippen LogP contribution in [0.2, 0.25) is 0 Å². The van der Waals surface area contributed by atoms with E-state index < -0.39 is 17.6 Å². The van der Waals surface area contributed by atoms with Crippen LogP contribution in [0.3, 0.4) is 0 Å². The zero-order chi connectivity index (χ0) is 18.9. The van der Waals surface area contributed by atoms with Gasteiger partial charge >= 0.3 is 6.18 Å². The van der Waals surface area contributed by atoms with Crippen LogP contribution in [-0.4, -0.2) is 23.7 Å². The van der Waals surface area contributed by atoms with Gasteiger partial charge in [0.2, 0.25) is 0 Å². The zero-order valence-electron chi connectivity index (χ0n) is 13.6. The molecule has 0 bridgehead atoms. The number of fused-ring (bicyclic) bond motifs is 1. The molecule has 0 spiro atoms. The molecule has 0 atom stereocenters. The predicted octanol–water partition coefficient (Wildman–Crippen LogP) is 4.40. The second-order valence-electron chi connectivity index (χ2n) is 6.01. The standard InChI is InChI=1S/C19H15F4NO2/c20-17-4-3-11(18(26)2-1-5-25)7-15(17)14-8-13(19(21,22)23)6-12-9-24-10-16(12)14/h3-4,6-8,10,25H,1-2,5,9H2. The van der Waals surface area contributed by atoms with Crippen LogP contribution < -0.4 is 0 Å². The summed E-state index contributed by atoms with van der Waals surface area (Å²) in [6.07, 6.45) is -2.82. The molecule has 136 valence electrons. The fourth-order valence-electron chi connectivity index (χ4n) is 2.91. The van der Waals surface area contributed by atoms with Crippen LogP contribution in [0.4, 0.5) is 17.6 Å². The number of hydrogen-bond acceptors (Lipinski definition) is 3. The summed E-state index contributed by atoms with van der Waals surface area (Å²) in [5, 5.41) is 8.82. The number of aliphatic imine (C=N–C) groups is 1. The van der Waals surface area contributed by atoms with E-state index in [9.17, 15) is 22.4 Å². The summed E-state index contributed by atoms with van der Waals surface area (Å²) in [4.78, 5) is 16.1. The van der Waals surface area contributed by atoms with E-state index in [2.05, 4.69) is 4.99 Å². The molecule has 26 heavy (non-hydrogen) atoms. The van der Waals surface area contributed by atoms with E-state index in [0.29, 0.717) is 11.1 Å². The van der Waals surface area contributed by atoms with Crippen LogP contribution in [0.1, 0.15) is 39.9 Å². The number of aliphatic hydroxyl groups is 1. The van der Waals surface area contributed by atoms with E-state index in [1.54, 1.807) is 0 Å². The summed E-state index contributed by atoms with van der Waals surface area (Å²) in [5.41, 5.74) is 0.0909. The van der Waals surface area contributed by atoms with Crippen LogP contribution in [0.15, 0.2) is 35.3 Å². The molecule has 2 aromatic carbocycles. The Bertz CT molecular complexity index is 888. The maximum atomic E-state index is 14.4. The zero-order valence-corrected chi connectivity index (χ0v) is 13.6. The topological polar surface area (TPSA) is 49.7 Å². The van der Waals surface area contributed by atoms with Crippen LogP contribution in [-0.2, 0) is 12.7 Å². The number of rotatable bonds is 5. The Morgan fingerprint density at radius 3 is 2.62 bits per heavy atom. The van der Waals surface area contributed by atoms with Crippen molar-refractivity contribution in [1.29, 1.82) is 0 Å². The first-order chi connectivity index (χ1) is 12.3. The molecule has 7 heteroatoms. The Morgan fingerprint density at radius 2 is 1.92 bits per heavy atom. The molecule has 1 aliphatic rings. The van der Waals surface area contributed by atoms with Crippen molar-refractivity contribution in [2.45, 2.75) is 25.6 Å². The van der Waals surface area contributed by atoms with Gasteiger partial charge in [-0.1, -0.05) is 0 Å². The van der Waals surface area contributed by atoms with Gasteiger partial charge in [-0.15, -0.1) is 0 Å². The largest absolute Gasteiger partial charge is 0.416 e. The minimum Gasteiger partial charge on any atom is -0.396 e. The Hall–Kier alpha value is -2.54. The number of Topliss-reactive ketones (excluding diaryl/α,β-unsaturated/α-hetero) is 1. The number of nitrogens with zero attached hydrogens (tertiary/aromatic N) is 1. The second kappa shape index (κ2) is 6.99. The molecule has 0 saturated heterocycles. The van der Waals surface area contributed by atoms with Crippen molar-refractivity contribution in [3.8, 4) is 11.1 Å². The van der Waals surface area contributed by atoms with Gasteiger partial charge in [-0.2, -0.15) is 13.2 Å². The molecule has 0 unspecified atom stereocenters. The molecule has 0 saturated carbocycles. The van der Waals surface area contributed by atoms with E-state index in [-0.39, 0.29) is 48.5 Å². The molecular formula is C19H15F4NO2. The van der Waals surface area contributed by atoms with E-state index in [4.69, 9.17) is 5.11 Å². The first kappa shape index (κ1) is 18.3. The number of aliphatic hydroxyl groups excluding tert-OH is 1. The number of carbonyl (C=O) groups is 1. The SMILES string of the molecule is O=C(CCCO)c1ccc(F)c(-c2cc(C(F)(F)F)cc3c2C=NC3)c1. The number of ketones is 1. The van der Waals surface area contributed by atoms with Crippen molar-refractivity contribution in [1.82, 2.24) is 0 Å². The Kier molecular flexibility index (Phi) is 4.91. The summed E-state index contributed by atoms with van der Waals surface area (Å²) in [6, 6.07) is 5.52. The number of hydrogen-bond donors (Lipinski definition) is 1. The molecule has 0 fully saturated rings. The molecule has 1 heterocycles. The van der Waals surface area contributed by atoms with Crippen molar-refractivity contribution < 1.29 is 27.5 Å². The van der Waals surface area contributed by atoms with Crippen LogP contribution in [0, 0.1) is 5.82 Å². The molecule has 2 aromatic rings. The average Bonchev–Trinajstić information content (AvgIpc) is 3.07. The normalized spacial score (nSPS) is 13.1. The fraction of sp³-hybridized carbons (Fsp3) is 0.263. The summed E-state index contributed by atoms with van der Waals surface area (Å²) < 4.78 is 54.0. The highest BCUT2D eigenvalue weighted by atomic mass is 19.4. The highest BCUT2D eigenvalue weighted by molar-refractivity contribution is 5.99. The highest BCUT2D eigenvalue weighted by Crippen LogP contribution is 2.38. The van der Waals surface area contributed by atoms with Gasteiger partial charge in [-0.3, -0.25) is 9.79 Å². The molecule has 0 radical (unpaired) electrons.